The molecule has 5 heteroatoms. The summed E-state index contributed by atoms with van der Waals surface area (Å²) < 4.78 is 13.0. The van der Waals surface area contributed by atoms with Gasteiger partial charge in [0.15, 0.2) is 0 Å². The first kappa shape index (κ1) is 12.1. The number of anilines is 1. The third-order valence-corrected chi connectivity index (χ3v) is 3.61. The van der Waals surface area contributed by atoms with Crippen molar-refractivity contribution in [2.24, 2.45) is 0 Å². The van der Waals surface area contributed by atoms with E-state index in [2.05, 4.69) is 11.1 Å². The second-order valence-corrected chi connectivity index (χ2v) is 5.80. The Hall–Kier alpha value is -1.36. The summed E-state index contributed by atoms with van der Waals surface area (Å²) in [4.78, 5) is 4.34. The van der Waals surface area contributed by atoms with E-state index in [4.69, 9.17) is 5.73 Å². The topological polar surface area (TPSA) is 60.9 Å². The van der Waals surface area contributed by atoms with Crippen molar-refractivity contribution >= 4 is 27.8 Å². The molecule has 0 saturated carbocycles. The number of nitrogens with two attached hydrogens (primary N) is 1. The van der Waals surface area contributed by atoms with Crippen LogP contribution in [0.15, 0.2) is 18.2 Å². The third-order valence-electron chi connectivity index (χ3n) is 2.75. The molecule has 0 fully saturated rings. The Morgan fingerprint density at radius 3 is 2.94 bits per heavy atom. The zero-order valence-electron chi connectivity index (χ0n) is 10.1. The van der Waals surface area contributed by atoms with E-state index in [1.807, 2.05) is 23.6 Å². The van der Waals surface area contributed by atoms with Gasteiger partial charge in [-0.2, -0.15) is 0 Å². The second kappa shape index (κ2) is 4.87. The highest BCUT2D eigenvalue weighted by molar-refractivity contribution is 7.84. The van der Waals surface area contributed by atoms with Crippen LogP contribution in [-0.2, 0) is 17.3 Å². The predicted molar refractivity (Wildman–Crippen MR) is 72.4 cm³/mol. The van der Waals surface area contributed by atoms with Crippen LogP contribution in [0.2, 0.25) is 0 Å². The Kier molecular flexibility index (Phi) is 3.47. The van der Waals surface area contributed by atoms with Crippen molar-refractivity contribution < 1.29 is 4.21 Å². The van der Waals surface area contributed by atoms with Gasteiger partial charge in [0.2, 0.25) is 5.95 Å². The molecular weight excluding hydrogens is 234 g/mol. The number of rotatable bonds is 4. The Balaban J connectivity index is 2.27. The minimum Gasteiger partial charge on any atom is -0.369 e. The van der Waals surface area contributed by atoms with E-state index in [0.717, 1.165) is 24.0 Å². The zero-order valence-corrected chi connectivity index (χ0v) is 11.0. The summed E-state index contributed by atoms with van der Waals surface area (Å²) in [6.07, 6.45) is 2.57. The number of benzene rings is 1. The molecule has 1 heterocycles. The van der Waals surface area contributed by atoms with Gasteiger partial charge in [-0.25, -0.2) is 4.98 Å². The largest absolute Gasteiger partial charge is 0.369 e. The molecule has 0 saturated heterocycles. The molecule has 2 aromatic rings. The summed E-state index contributed by atoms with van der Waals surface area (Å²) in [6, 6.07) is 6.12. The minimum atomic E-state index is -0.746. The van der Waals surface area contributed by atoms with E-state index in [1.165, 1.54) is 5.56 Å². The fourth-order valence-corrected chi connectivity index (χ4v) is 2.45. The van der Waals surface area contributed by atoms with E-state index >= 15 is 0 Å². The SMILES string of the molecule is Cc1ccc2c(c1)nc(N)n2CCCS(C)=O. The first-order valence-electron chi connectivity index (χ1n) is 5.60. The van der Waals surface area contributed by atoms with Gasteiger partial charge in [-0.15, -0.1) is 0 Å². The summed E-state index contributed by atoms with van der Waals surface area (Å²) >= 11 is 0. The lowest BCUT2D eigenvalue weighted by atomic mass is 10.2. The predicted octanol–water partition coefficient (Wildman–Crippen LogP) is 1.70. The smallest absolute Gasteiger partial charge is 0.201 e. The monoisotopic (exact) mass is 251 g/mol. The van der Waals surface area contributed by atoms with Gasteiger partial charge in [0, 0.05) is 29.4 Å². The molecule has 0 aliphatic rings. The van der Waals surface area contributed by atoms with Crippen LogP contribution in [0.25, 0.3) is 11.0 Å². The Labute approximate surface area is 103 Å². The molecule has 0 aliphatic carbocycles. The van der Waals surface area contributed by atoms with E-state index in [0.29, 0.717) is 11.7 Å². The molecule has 92 valence electrons. The normalized spacial score (nSPS) is 13.1. The van der Waals surface area contributed by atoms with Crippen LogP contribution in [0.1, 0.15) is 12.0 Å². The lowest BCUT2D eigenvalue weighted by Gasteiger charge is -2.05. The third kappa shape index (κ3) is 2.66. The maximum atomic E-state index is 11.0. The van der Waals surface area contributed by atoms with Crippen molar-refractivity contribution in [3.05, 3.63) is 23.8 Å². The molecule has 0 aliphatic heterocycles. The molecular formula is C12H17N3OS. The number of aryl methyl sites for hydroxylation is 2. The Bertz CT molecular complexity index is 562. The zero-order chi connectivity index (χ0) is 12.4. The van der Waals surface area contributed by atoms with Gasteiger partial charge in [-0.3, -0.25) is 4.21 Å². The standard InChI is InChI=1S/C12H17N3OS/c1-9-4-5-11-10(8-9)14-12(13)15(11)6-3-7-17(2)16/h4-5,8H,3,6-7H2,1-2H3,(H2,13,14). The van der Waals surface area contributed by atoms with Crippen molar-refractivity contribution in [3.63, 3.8) is 0 Å². The number of imidazole rings is 1. The molecule has 2 N–H and O–H groups in total. The Morgan fingerprint density at radius 2 is 2.24 bits per heavy atom. The molecule has 0 bridgehead atoms. The summed E-state index contributed by atoms with van der Waals surface area (Å²) in [5.41, 5.74) is 9.06. The molecule has 2 rings (SSSR count). The number of hydrogen-bond acceptors (Lipinski definition) is 3. The van der Waals surface area contributed by atoms with Crippen LogP contribution in [-0.4, -0.2) is 25.8 Å². The molecule has 1 aromatic heterocycles. The fraction of sp³-hybridized carbons (Fsp3) is 0.417. The quantitative estimate of drug-likeness (QED) is 0.899. The molecule has 1 atom stereocenters. The number of nitrogens with zero attached hydrogens (tertiary/aromatic N) is 2. The van der Waals surface area contributed by atoms with Gasteiger partial charge < -0.3 is 10.3 Å². The van der Waals surface area contributed by atoms with Gasteiger partial charge in [0.05, 0.1) is 11.0 Å². The first-order valence-corrected chi connectivity index (χ1v) is 7.33. The summed E-state index contributed by atoms with van der Waals surface area (Å²) in [5.74, 6) is 1.23. The average molecular weight is 251 g/mol. The van der Waals surface area contributed by atoms with Crippen molar-refractivity contribution in [2.75, 3.05) is 17.7 Å². The first-order chi connectivity index (χ1) is 8.08. The van der Waals surface area contributed by atoms with Crippen molar-refractivity contribution in [3.8, 4) is 0 Å². The summed E-state index contributed by atoms with van der Waals surface area (Å²) in [7, 11) is -0.746. The van der Waals surface area contributed by atoms with Crippen LogP contribution >= 0.6 is 0 Å². The molecule has 0 radical (unpaired) electrons. The number of hydrogen-bond donors (Lipinski definition) is 1. The molecule has 4 nitrogen and oxygen atoms in total. The maximum absolute atomic E-state index is 11.0. The van der Waals surface area contributed by atoms with Crippen molar-refractivity contribution in [1.82, 2.24) is 9.55 Å². The van der Waals surface area contributed by atoms with E-state index in [9.17, 15) is 4.21 Å². The summed E-state index contributed by atoms with van der Waals surface area (Å²) in [5, 5.41) is 0. The summed E-state index contributed by atoms with van der Waals surface area (Å²) in [6.45, 7) is 2.81. The molecule has 1 aromatic carbocycles. The number of fused-ring (bicyclic) bond motifs is 1. The molecule has 0 spiro atoms. The van der Waals surface area contributed by atoms with E-state index in [-0.39, 0.29) is 0 Å². The molecule has 1 unspecified atom stereocenters. The van der Waals surface area contributed by atoms with Gasteiger partial charge in [0.25, 0.3) is 0 Å². The van der Waals surface area contributed by atoms with Gasteiger partial charge >= 0.3 is 0 Å². The second-order valence-electron chi connectivity index (χ2n) is 4.24. The number of aromatic nitrogens is 2. The number of nitrogen functional groups attached to an aromatic ring is 1. The molecule has 17 heavy (non-hydrogen) atoms. The average Bonchev–Trinajstić information content (AvgIpc) is 2.54. The van der Waals surface area contributed by atoms with Crippen LogP contribution in [0, 0.1) is 6.92 Å². The van der Waals surface area contributed by atoms with Gasteiger partial charge in [0.1, 0.15) is 0 Å². The van der Waals surface area contributed by atoms with Gasteiger partial charge in [-0.05, 0) is 31.0 Å². The maximum Gasteiger partial charge on any atom is 0.201 e. The van der Waals surface area contributed by atoms with Crippen molar-refractivity contribution in [2.45, 2.75) is 19.9 Å². The lowest BCUT2D eigenvalue weighted by Crippen LogP contribution is -2.06. The highest BCUT2D eigenvalue weighted by Crippen LogP contribution is 2.19. The highest BCUT2D eigenvalue weighted by atomic mass is 32.2. The Morgan fingerprint density at radius 1 is 1.47 bits per heavy atom. The van der Waals surface area contributed by atoms with E-state index in [1.54, 1.807) is 6.26 Å². The fourth-order valence-electron chi connectivity index (χ4n) is 1.92. The van der Waals surface area contributed by atoms with Crippen LogP contribution in [0.4, 0.5) is 5.95 Å². The van der Waals surface area contributed by atoms with Gasteiger partial charge in [-0.1, -0.05) is 6.07 Å². The van der Waals surface area contributed by atoms with E-state index < -0.39 is 10.8 Å². The molecule has 0 amide bonds. The minimum absolute atomic E-state index is 0.535. The van der Waals surface area contributed by atoms with Crippen molar-refractivity contribution in [1.29, 1.82) is 0 Å². The van der Waals surface area contributed by atoms with Crippen LogP contribution in [0.3, 0.4) is 0 Å². The lowest BCUT2D eigenvalue weighted by molar-refractivity contribution is 0.671. The highest BCUT2D eigenvalue weighted by Gasteiger charge is 2.07. The van der Waals surface area contributed by atoms with Crippen LogP contribution < -0.4 is 5.73 Å². The van der Waals surface area contributed by atoms with Crippen LogP contribution in [0.5, 0.6) is 0 Å².